The number of nitrogens with zero attached hydrogens (tertiary/aromatic N) is 3. The molecule has 6 heteroatoms. The van der Waals surface area contributed by atoms with Crippen LogP contribution in [0.25, 0.3) is 0 Å². The maximum Gasteiger partial charge on any atom is 0.191 e. The lowest BCUT2D eigenvalue weighted by Gasteiger charge is -2.27. The zero-order chi connectivity index (χ0) is 14.5. The molecule has 0 radical (unpaired) electrons. The molecule has 1 aliphatic carbocycles. The van der Waals surface area contributed by atoms with Gasteiger partial charge in [-0.05, 0) is 38.1 Å². The number of rotatable bonds is 7. The van der Waals surface area contributed by atoms with Gasteiger partial charge in [-0.25, -0.2) is 0 Å². The van der Waals surface area contributed by atoms with Gasteiger partial charge in [0, 0.05) is 13.1 Å². The van der Waals surface area contributed by atoms with E-state index >= 15 is 0 Å². The summed E-state index contributed by atoms with van der Waals surface area (Å²) < 4.78 is 5.57. The third kappa shape index (κ3) is 4.88. The summed E-state index contributed by atoms with van der Waals surface area (Å²) in [6.07, 6.45) is 4.17. The van der Waals surface area contributed by atoms with Crippen molar-refractivity contribution < 1.29 is 4.42 Å². The van der Waals surface area contributed by atoms with Gasteiger partial charge in [-0.15, -0.1) is 24.0 Å². The Balaban J connectivity index is 0.00000220. The highest BCUT2D eigenvalue weighted by Gasteiger charge is 2.28. The van der Waals surface area contributed by atoms with Gasteiger partial charge in [0.05, 0.1) is 18.8 Å². The van der Waals surface area contributed by atoms with Crippen LogP contribution in [0.2, 0.25) is 0 Å². The van der Waals surface area contributed by atoms with Crippen LogP contribution < -0.4 is 5.73 Å². The van der Waals surface area contributed by atoms with Crippen molar-refractivity contribution in [2.45, 2.75) is 38.8 Å². The van der Waals surface area contributed by atoms with Gasteiger partial charge >= 0.3 is 0 Å². The van der Waals surface area contributed by atoms with Crippen LogP contribution in [0, 0.1) is 0 Å². The molecule has 21 heavy (non-hydrogen) atoms. The van der Waals surface area contributed by atoms with Crippen molar-refractivity contribution >= 4 is 29.9 Å². The summed E-state index contributed by atoms with van der Waals surface area (Å²) in [7, 11) is 2.02. The molecule has 5 nitrogen and oxygen atoms in total. The van der Waals surface area contributed by atoms with Gasteiger partial charge in [0.2, 0.25) is 0 Å². The van der Waals surface area contributed by atoms with Crippen LogP contribution in [0.4, 0.5) is 0 Å². The number of furan rings is 1. The molecule has 1 saturated carbocycles. The maximum atomic E-state index is 6.07. The van der Waals surface area contributed by atoms with E-state index in [4.69, 9.17) is 10.2 Å². The molecule has 1 heterocycles. The van der Waals surface area contributed by atoms with Crippen molar-refractivity contribution in [2.24, 2.45) is 10.7 Å². The molecule has 0 aromatic carbocycles. The fourth-order valence-corrected chi connectivity index (χ4v) is 2.47. The van der Waals surface area contributed by atoms with Crippen LogP contribution in [-0.2, 0) is 0 Å². The average molecular weight is 406 g/mol. The number of nitrogens with two attached hydrogens (primary N) is 1. The Hall–Kier alpha value is -0.760. The highest BCUT2D eigenvalue weighted by Crippen LogP contribution is 2.25. The van der Waals surface area contributed by atoms with Crippen molar-refractivity contribution in [3.8, 4) is 0 Å². The first kappa shape index (κ1) is 18.3. The summed E-state index contributed by atoms with van der Waals surface area (Å²) in [6, 6.07) is 4.69. The maximum absolute atomic E-state index is 6.07. The Morgan fingerprint density at radius 1 is 1.43 bits per heavy atom. The number of aliphatic imine (C=N–C) groups is 1. The van der Waals surface area contributed by atoms with Gasteiger partial charge in [-0.2, -0.15) is 0 Å². The molecule has 1 aromatic rings. The number of halogens is 1. The lowest BCUT2D eigenvalue weighted by atomic mass is 10.2. The molecule has 1 aromatic heterocycles. The molecule has 0 spiro atoms. The predicted molar refractivity (Wildman–Crippen MR) is 97.1 cm³/mol. The van der Waals surface area contributed by atoms with Crippen LogP contribution in [0.15, 0.2) is 27.8 Å². The van der Waals surface area contributed by atoms with Crippen LogP contribution in [0.3, 0.4) is 0 Å². The monoisotopic (exact) mass is 406 g/mol. The Morgan fingerprint density at radius 3 is 2.57 bits per heavy atom. The third-order valence-electron chi connectivity index (χ3n) is 4.01. The van der Waals surface area contributed by atoms with Crippen LogP contribution in [0.1, 0.15) is 38.5 Å². The topological polar surface area (TPSA) is 58.0 Å². The molecule has 0 bridgehead atoms. The quantitative estimate of drug-likeness (QED) is 0.430. The third-order valence-corrected chi connectivity index (χ3v) is 4.01. The minimum absolute atomic E-state index is 0. The molecule has 2 N–H and O–H groups in total. The molecule has 0 saturated heterocycles. The van der Waals surface area contributed by atoms with Crippen molar-refractivity contribution in [2.75, 3.05) is 26.7 Å². The molecular formula is C15H27IN4O. The van der Waals surface area contributed by atoms with E-state index in [-0.39, 0.29) is 30.0 Å². The van der Waals surface area contributed by atoms with Crippen molar-refractivity contribution in [3.63, 3.8) is 0 Å². The molecule has 120 valence electrons. The van der Waals surface area contributed by atoms with E-state index in [2.05, 4.69) is 28.6 Å². The molecule has 1 unspecified atom stereocenters. The fourth-order valence-electron chi connectivity index (χ4n) is 2.47. The Kier molecular flexibility index (Phi) is 7.51. The van der Waals surface area contributed by atoms with Gasteiger partial charge in [-0.1, -0.05) is 13.8 Å². The highest BCUT2D eigenvalue weighted by molar-refractivity contribution is 14.0. The Morgan fingerprint density at radius 2 is 2.10 bits per heavy atom. The standard InChI is InChI=1S/C15H26N4O.HI/c1-4-19(5-2)13(14-7-6-10-20-14)11-17-15(16)18(3)12-8-9-12;/h6-7,10,12-13H,4-5,8-9,11H2,1-3H3,(H2,16,17);1H. The number of hydrogen-bond donors (Lipinski definition) is 1. The zero-order valence-corrected chi connectivity index (χ0v) is 15.5. The van der Waals surface area contributed by atoms with Crippen LogP contribution in [-0.4, -0.2) is 48.5 Å². The van der Waals surface area contributed by atoms with Gasteiger partial charge < -0.3 is 15.1 Å². The molecule has 1 aliphatic rings. The molecule has 1 fully saturated rings. The van der Waals surface area contributed by atoms with E-state index in [1.807, 2.05) is 19.2 Å². The summed E-state index contributed by atoms with van der Waals surface area (Å²) in [5.41, 5.74) is 6.07. The summed E-state index contributed by atoms with van der Waals surface area (Å²) >= 11 is 0. The smallest absolute Gasteiger partial charge is 0.191 e. The first-order valence-electron chi connectivity index (χ1n) is 7.47. The van der Waals surface area contributed by atoms with Gasteiger partial charge in [0.1, 0.15) is 5.76 Å². The van der Waals surface area contributed by atoms with Crippen LogP contribution >= 0.6 is 24.0 Å². The highest BCUT2D eigenvalue weighted by atomic mass is 127. The SMILES string of the molecule is CCN(CC)C(CN=C(N)N(C)C1CC1)c1ccco1.I. The lowest BCUT2D eigenvalue weighted by molar-refractivity contribution is 0.198. The van der Waals surface area contributed by atoms with Crippen LogP contribution in [0.5, 0.6) is 0 Å². The Bertz CT molecular complexity index is 427. The van der Waals surface area contributed by atoms with Gasteiger partial charge in [0.25, 0.3) is 0 Å². The lowest BCUT2D eigenvalue weighted by Crippen LogP contribution is -2.37. The minimum atomic E-state index is 0. The molecule has 1 atom stereocenters. The predicted octanol–water partition coefficient (Wildman–Crippen LogP) is 2.69. The van der Waals surface area contributed by atoms with E-state index in [1.54, 1.807) is 6.26 Å². The van der Waals surface area contributed by atoms with Crippen molar-refractivity contribution in [1.82, 2.24) is 9.80 Å². The zero-order valence-electron chi connectivity index (χ0n) is 13.2. The average Bonchev–Trinajstić information content (AvgIpc) is 3.18. The van der Waals surface area contributed by atoms with E-state index < -0.39 is 0 Å². The second-order valence-electron chi connectivity index (χ2n) is 5.29. The second kappa shape index (κ2) is 8.63. The normalized spacial score (nSPS) is 16.7. The van der Waals surface area contributed by atoms with Crippen molar-refractivity contribution in [1.29, 1.82) is 0 Å². The molecule has 2 rings (SSSR count). The largest absolute Gasteiger partial charge is 0.468 e. The Labute approximate surface area is 144 Å². The number of hydrogen-bond acceptors (Lipinski definition) is 3. The first-order chi connectivity index (χ1) is 9.67. The second-order valence-corrected chi connectivity index (χ2v) is 5.29. The summed E-state index contributed by atoms with van der Waals surface area (Å²) in [6.45, 7) is 6.88. The minimum Gasteiger partial charge on any atom is -0.468 e. The molecule has 0 amide bonds. The van der Waals surface area contributed by atoms with E-state index in [1.165, 1.54) is 12.8 Å². The van der Waals surface area contributed by atoms with E-state index in [0.29, 0.717) is 18.5 Å². The first-order valence-corrected chi connectivity index (χ1v) is 7.47. The summed E-state index contributed by atoms with van der Waals surface area (Å²) in [5, 5.41) is 0. The summed E-state index contributed by atoms with van der Waals surface area (Å²) in [4.78, 5) is 9.00. The number of likely N-dealkylation sites (N-methyl/N-ethyl adjacent to an activating group) is 1. The van der Waals surface area contributed by atoms with E-state index in [9.17, 15) is 0 Å². The fraction of sp³-hybridized carbons (Fsp3) is 0.667. The summed E-state index contributed by atoms with van der Waals surface area (Å²) in [5.74, 6) is 1.59. The van der Waals surface area contributed by atoms with Gasteiger partial charge in [-0.3, -0.25) is 9.89 Å². The number of guanidine groups is 1. The van der Waals surface area contributed by atoms with Gasteiger partial charge in [0.15, 0.2) is 5.96 Å². The molecular weight excluding hydrogens is 379 g/mol. The van der Waals surface area contributed by atoms with E-state index in [0.717, 1.165) is 18.8 Å². The van der Waals surface area contributed by atoms with Crippen molar-refractivity contribution in [3.05, 3.63) is 24.2 Å². The molecule has 0 aliphatic heterocycles.